The molecule has 3 N–H and O–H groups in total. The average molecular weight is 208 g/mol. The number of furan rings is 1. The molecule has 0 saturated heterocycles. The average Bonchev–Trinajstić information content (AvgIpc) is 2.49. The van der Waals surface area contributed by atoms with Crippen LogP contribution in [0.15, 0.2) is 16.5 Å². The van der Waals surface area contributed by atoms with Crippen LogP contribution in [0.1, 0.15) is 24.5 Å². The number of hydrogen-bond acceptors (Lipinski definition) is 3. The second-order valence-corrected chi connectivity index (χ2v) is 2.81. The normalized spacial score (nSPS) is 11.6. The number of hydroxylamine groups is 2. The van der Waals surface area contributed by atoms with E-state index in [2.05, 4.69) is 0 Å². The first-order valence-corrected chi connectivity index (χ1v) is 3.86. The van der Waals surface area contributed by atoms with Gasteiger partial charge in [-0.3, -0.25) is 5.21 Å². The number of amides is 2. The van der Waals surface area contributed by atoms with Crippen molar-refractivity contribution in [1.29, 1.82) is 0 Å². The number of rotatable bonds is 2. The van der Waals surface area contributed by atoms with E-state index in [1.807, 2.05) is 0 Å². The summed E-state index contributed by atoms with van der Waals surface area (Å²) in [5, 5.41) is 9.59. The van der Waals surface area contributed by atoms with Gasteiger partial charge in [-0.15, -0.1) is 0 Å². The quantitative estimate of drug-likeness (QED) is 0.428. The van der Waals surface area contributed by atoms with E-state index in [-0.39, 0.29) is 29.6 Å². The van der Waals surface area contributed by atoms with Gasteiger partial charge in [0.25, 0.3) is 0 Å². The molecule has 0 aliphatic rings. The third kappa shape index (κ3) is 3.02. The summed E-state index contributed by atoms with van der Waals surface area (Å²) in [6.07, 6.45) is 0. The van der Waals surface area contributed by atoms with Crippen LogP contribution < -0.4 is 5.73 Å². The van der Waals surface area contributed by atoms with Crippen molar-refractivity contribution in [2.24, 2.45) is 5.73 Å². The van der Waals surface area contributed by atoms with Gasteiger partial charge in [0.15, 0.2) is 0 Å². The van der Waals surface area contributed by atoms with Gasteiger partial charge in [0.05, 0.1) is 0 Å². The number of nitrogens with two attached hydrogens (primary N) is 1. The number of nitrogens with zero attached hydrogens (tertiary/aromatic N) is 1. The van der Waals surface area contributed by atoms with Crippen LogP contribution in [0.25, 0.3) is 0 Å². The summed E-state index contributed by atoms with van der Waals surface area (Å²) in [5.74, 6) is 1.22. The summed E-state index contributed by atoms with van der Waals surface area (Å²) < 4.78 is 5.21. The first-order valence-electron chi connectivity index (χ1n) is 3.86. The molecule has 5 nitrogen and oxygen atoms in total. The van der Waals surface area contributed by atoms with Gasteiger partial charge in [-0.2, -0.15) is 5.06 Å². The fraction of sp³-hybridized carbons (Fsp3) is 0.375. The summed E-state index contributed by atoms with van der Waals surface area (Å²) in [6.45, 7) is 3.39. The molecule has 1 atom stereocenters. The monoisotopic (exact) mass is 208 g/mol. The fourth-order valence-electron chi connectivity index (χ4n) is 0.989. The molecule has 1 aromatic heterocycles. The van der Waals surface area contributed by atoms with Crippen molar-refractivity contribution in [2.45, 2.75) is 19.9 Å². The molecule has 0 saturated carbocycles. The van der Waals surface area contributed by atoms with Crippen LogP contribution in [0.5, 0.6) is 0 Å². The Morgan fingerprint density at radius 2 is 2.21 bits per heavy atom. The summed E-state index contributed by atoms with van der Waals surface area (Å²) in [7, 11) is 0. The third-order valence-corrected chi connectivity index (χ3v) is 1.77. The number of aryl methyl sites for hydroxylation is 1. The Kier molecular flexibility index (Phi) is 5.22. The van der Waals surface area contributed by atoms with Gasteiger partial charge < -0.3 is 10.2 Å². The van der Waals surface area contributed by atoms with E-state index in [1.165, 1.54) is 0 Å². The molecule has 0 fully saturated rings. The van der Waals surface area contributed by atoms with Crippen LogP contribution in [-0.2, 0) is 0 Å². The van der Waals surface area contributed by atoms with E-state index in [4.69, 9.17) is 15.4 Å². The number of primary amides is 1. The second kappa shape index (κ2) is 5.41. The van der Waals surface area contributed by atoms with Crippen LogP contribution >= 0.6 is 0 Å². The Balaban J connectivity index is 0.00000169. The van der Waals surface area contributed by atoms with E-state index < -0.39 is 12.1 Å². The molecule has 0 bridgehead atoms. The van der Waals surface area contributed by atoms with E-state index in [1.54, 1.807) is 26.0 Å². The Hall–Kier alpha value is -0.490. The molecule has 0 radical (unpaired) electrons. The molecule has 1 heterocycles. The van der Waals surface area contributed by atoms with Crippen LogP contribution in [-0.4, -0.2) is 45.9 Å². The maximum atomic E-state index is 10.6. The van der Waals surface area contributed by atoms with Gasteiger partial charge >= 0.3 is 35.6 Å². The Labute approximate surface area is 104 Å². The minimum absolute atomic E-state index is 0. The van der Waals surface area contributed by atoms with Crippen molar-refractivity contribution < 1.29 is 14.4 Å². The molecule has 1 unspecified atom stereocenters. The van der Waals surface area contributed by atoms with Gasteiger partial charge in [0.1, 0.15) is 17.6 Å². The maximum absolute atomic E-state index is 10.6. The fourth-order valence-corrected chi connectivity index (χ4v) is 0.989. The van der Waals surface area contributed by atoms with E-state index >= 15 is 0 Å². The summed E-state index contributed by atoms with van der Waals surface area (Å²) in [6, 6.07) is 1.97. The van der Waals surface area contributed by atoms with E-state index in [0.29, 0.717) is 10.8 Å². The van der Waals surface area contributed by atoms with Crippen molar-refractivity contribution in [3.05, 3.63) is 23.7 Å². The molecule has 0 spiro atoms. The first kappa shape index (κ1) is 13.5. The SMILES string of the molecule is Cc1ccc(C(C)N(O)C(N)=O)o1.[NaH]. The molecule has 1 rings (SSSR count). The molecule has 6 heteroatoms. The van der Waals surface area contributed by atoms with Crippen molar-refractivity contribution >= 4 is 35.6 Å². The van der Waals surface area contributed by atoms with Crippen LogP contribution in [0.3, 0.4) is 0 Å². The third-order valence-electron chi connectivity index (χ3n) is 1.77. The zero-order chi connectivity index (χ0) is 10.0. The topological polar surface area (TPSA) is 79.7 Å². The van der Waals surface area contributed by atoms with E-state index in [9.17, 15) is 4.79 Å². The molecule has 0 aliphatic carbocycles. The minimum atomic E-state index is -0.901. The predicted octanol–water partition coefficient (Wildman–Crippen LogP) is 0.770. The zero-order valence-electron chi connectivity index (χ0n) is 7.52. The van der Waals surface area contributed by atoms with Crippen LogP contribution in [0.2, 0.25) is 0 Å². The Morgan fingerprint density at radius 3 is 2.57 bits per heavy atom. The molecular formula is C8H13N2NaO3. The molecule has 0 aromatic carbocycles. The van der Waals surface area contributed by atoms with Crippen molar-refractivity contribution in [3.8, 4) is 0 Å². The van der Waals surface area contributed by atoms with Gasteiger partial charge in [-0.05, 0) is 26.0 Å². The molecule has 14 heavy (non-hydrogen) atoms. The number of carbonyl (C=O) groups excluding carboxylic acids is 1. The van der Waals surface area contributed by atoms with Crippen molar-refractivity contribution in [3.63, 3.8) is 0 Å². The van der Waals surface area contributed by atoms with E-state index in [0.717, 1.165) is 5.76 Å². The van der Waals surface area contributed by atoms with Crippen LogP contribution in [0.4, 0.5) is 4.79 Å². The van der Waals surface area contributed by atoms with Crippen molar-refractivity contribution in [1.82, 2.24) is 5.06 Å². The van der Waals surface area contributed by atoms with Gasteiger partial charge in [0.2, 0.25) is 0 Å². The van der Waals surface area contributed by atoms with Crippen LogP contribution in [0, 0.1) is 6.92 Å². The predicted molar refractivity (Wildman–Crippen MR) is 52.2 cm³/mol. The van der Waals surface area contributed by atoms with Crippen molar-refractivity contribution in [2.75, 3.05) is 0 Å². The second-order valence-electron chi connectivity index (χ2n) is 2.81. The number of carbonyl (C=O) groups is 1. The zero-order valence-corrected chi connectivity index (χ0v) is 7.52. The standard InChI is InChI=1S/C8H12N2O3.Na.H/c1-5-3-4-7(13-5)6(2)10(12)8(9)11;;/h3-4,6,12H,1-2H3,(H2,9,11);;. The Bertz CT molecular complexity index is 313. The molecule has 74 valence electrons. The number of hydrogen-bond donors (Lipinski definition) is 2. The number of urea groups is 1. The van der Waals surface area contributed by atoms with Gasteiger partial charge in [-0.25, -0.2) is 4.79 Å². The van der Waals surface area contributed by atoms with Gasteiger partial charge in [0, 0.05) is 0 Å². The first-order chi connectivity index (χ1) is 6.02. The summed E-state index contributed by atoms with van der Waals surface area (Å²) in [5.41, 5.74) is 4.88. The summed E-state index contributed by atoms with van der Waals surface area (Å²) in [4.78, 5) is 10.6. The molecule has 2 amide bonds. The molecular weight excluding hydrogens is 195 g/mol. The summed E-state index contributed by atoms with van der Waals surface area (Å²) >= 11 is 0. The Morgan fingerprint density at radius 1 is 1.64 bits per heavy atom. The van der Waals surface area contributed by atoms with Gasteiger partial charge in [-0.1, -0.05) is 0 Å². The molecule has 1 aromatic rings. The molecule has 0 aliphatic heterocycles.